The van der Waals surface area contributed by atoms with Crippen LogP contribution in [0.25, 0.3) is 0 Å². The summed E-state index contributed by atoms with van der Waals surface area (Å²) in [7, 11) is 5.50. The summed E-state index contributed by atoms with van der Waals surface area (Å²) in [5.74, 6) is -0.271. The number of hydrogen-bond donors (Lipinski definition) is 2. The van der Waals surface area contributed by atoms with Gasteiger partial charge >= 0.3 is 6.03 Å². The third-order valence-electron chi connectivity index (χ3n) is 4.18. The van der Waals surface area contributed by atoms with Crippen LogP contribution in [0.5, 0.6) is 0 Å². The number of amides is 3. The molecular weight excluding hydrogens is 344 g/mol. The lowest BCUT2D eigenvalue weighted by atomic mass is 10.1. The average molecular weight is 369 g/mol. The van der Waals surface area contributed by atoms with Crippen molar-refractivity contribution < 1.29 is 14.3 Å². The monoisotopic (exact) mass is 368 g/mol. The van der Waals surface area contributed by atoms with E-state index in [2.05, 4.69) is 15.5 Å². The molecule has 25 heavy (non-hydrogen) atoms. The molecule has 1 aliphatic rings. The molecule has 1 saturated heterocycles. The average Bonchev–Trinajstić information content (AvgIpc) is 2.58. The lowest BCUT2D eigenvalue weighted by molar-refractivity contribution is -0.119. The van der Waals surface area contributed by atoms with Crippen LogP contribution in [-0.2, 0) is 9.53 Å². The maximum atomic E-state index is 12.6. The topological polar surface area (TPSA) is 73.9 Å². The number of hydrogen-bond acceptors (Lipinski definition) is 4. The highest BCUT2D eigenvalue weighted by Crippen LogP contribution is 2.26. The Hall–Kier alpha value is -1.83. The van der Waals surface area contributed by atoms with Crippen molar-refractivity contribution in [3.8, 4) is 0 Å². The molecule has 1 fully saturated rings. The van der Waals surface area contributed by atoms with E-state index in [0.717, 1.165) is 19.4 Å². The van der Waals surface area contributed by atoms with E-state index in [1.807, 2.05) is 14.1 Å². The van der Waals surface area contributed by atoms with E-state index in [4.69, 9.17) is 16.3 Å². The Labute approximate surface area is 153 Å². The highest BCUT2D eigenvalue weighted by molar-refractivity contribution is 6.33. The largest absolute Gasteiger partial charge is 0.375 e. The normalized spacial score (nSPS) is 17.5. The zero-order valence-electron chi connectivity index (χ0n) is 14.8. The molecule has 0 radical (unpaired) electrons. The number of likely N-dealkylation sites (tertiary alicyclic amines) is 1. The summed E-state index contributed by atoms with van der Waals surface area (Å²) < 4.78 is 4.78. The number of benzene rings is 1. The van der Waals surface area contributed by atoms with Crippen LogP contribution in [0, 0.1) is 0 Å². The van der Waals surface area contributed by atoms with Gasteiger partial charge in [0, 0.05) is 31.9 Å². The molecule has 3 amide bonds. The molecule has 1 atom stereocenters. The van der Waals surface area contributed by atoms with Gasteiger partial charge in [-0.05, 0) is 45.1 Å². The van der Waals surface area contributed by atoms with E-state index in [-0.39, 0.29) is 18.5 Å². The SMILES string of the molecule is COCC(=O)Nc1ccc(Cl)c(NC(=O)N2CCC[C@@H](N(C)C)C2)c1. The summed E-state index contributed by atoms with van der Waals surface area (Å²) in [6.45, 7) is 1.36. The van der Waals surface area contributed by atoms with E-state index >= 15 is 0 Å². The molecule has 1 heterocycles. The summed E-state index contributed by atoms with van der Waals surface area (Å²) in [5, 5.41) is 5.95. The van der Waals surface area contributed by atoms with Crippen LogP contribution in [-0.4, -0.2) is 68.7 Å². The van der Waals surface area contributed by atoms with Gasteiger partial charge in [-0.2, -0.15) is 0 Å². The molecule has 7 nitrogen and oxygen atoms in total. The summed E-state index contributed by atoms with van der Waals surface area (Å²) in [6.07, 6.45) is 2.05. The van der Waals surface area contributed by atoms with E-state index in [1.165, 1.54) is 7.11 Å². The number of piperidine rings is 1. The van der Waals surface area contributed by atoms with Crippen LogP contribution in [0.4, 0.5) is 16.2 Å². The molecule has 1 aromatic carbocycles. The minimum atomic E-state index is -0.271. The number of nitrogens with one attached hydrogen (secondary N) is 2. The molecule has 0 aromatic heterocycles. The molecule has 1 aromatic rings. The molecule has 2 rings (SSSR count). The summed E-state index contributed by atoms with van der Waals surface area (Å²) in [6, 6.07) is 5.12. The minimum Gasteiger partial charge on any atom is -0.375 e. The van der Waals surface area contributed by atoms with Gasteiger partial charge in [-0.3, -0.25) is 4.79 Å². The fourth-order valence-corrected chi connectivity index (χ4v) is 2.95. The molecule has 138 valence electrons. The lowest BCUT2D eigenvalue weighted by Gasteiger charge is -2.36. The summed E-state index contributed by atoms with van der Waals surface area (Å²) >= 11 is 6.18. The van der Waals surface area contributed by atoms with E-state index in [9.17, 15) is 9.59 Å². The van der Waals surface area contributed by atoms with Gasteiger partial charge in [0.05, 0.1) is 10.7 Å². The highest BCUT2D eigenvalue weighted by Gasteiger charge is 2.25. The number of rotatable bonds is 5. The highest BCUT2D eigenvalue weighted by atomic mass is 35.5. The first-order chi connectivity index (χ1) is 11.9. The van der Waals surface area contributed by atoms with Crippen molar-refractivity contribution in [3.05, 3.63) is 23.2 Å². The zero-order valence-corrected chi connectivity index (χ0v) is 15.6. The Balaban J connectivity index is 2.03. The van der Waals surface area contributed by atoms with Crippen molar-refractivity contribution in [2.75, 3.05) is 51.5 Å². The number of carbonyl (C=O) groups is 2. The van der Waals surface area contributed by atoms with Gasteiger partial charge in [0.15, 0.2) is 0 Å². The van der Waals surface area contributed by atoms with Gasteiger partial charge < -0.3 is 25.2 Å². The maximum absolute atomic E-state index is 12.6. The Bertz CT molecular complexity index is 624. The zero-order chi connectivity index (χ0) is 18.4. The number of anilines is 2. The second-order valence-electron chi connectivity index (χ2n) is 6.31. The number of nitrogens with zero attached hydrogens (tertiary/aromatic N) is 2. The Morgan fingerprint density at radius 3 is 2.80 bits per heavy atom. The quantitative estimate of drug-likeness (QED) is 0.837. The third-order valence-corrected chi connectivity index (χ3v) is 4.51. The number of ether oxygens (including phenoxy) is 1. The smallest absolute Gasteiger partial charge is 0.321 e. The van der Waals surface area contributed by atoms with E-state index in [1.54, 1.807) is 23.1 Å². The second-order valence-corrected chi connectivity index (χ2v) is 6.72. The predicted molar refractivity (Wildman–Crippen MR) is 99.3 cm³/mol. The molecular formula is C17H25ClN4O3. The number of likely N-dealkylation sites (N-methyl/N-ethyl adjacent to an activating group) is 1. The van der Waals surface area contributed by atoms with Crippen molar-refractivity contribution in [3.63, 3.8) is 0 Å². The Morgan fingerprint density at radius 1 is 1.36 bits per heavy atom. The van der Waals surface area contributed by atoms with Crippen LogP contribution in [0.1, 0.15) is 12.8 Å². The number of urea groups is 1. The van der Waals surface area contributed by atoms with Crippen molar-refractivity contribution in [2.24, 2.45) is 0 Å². The maximum Gasteiger partial charge on any atom is 0.321 e. The molecule has 0 bridgehead atoms. The van der Waals surface area contributed by atoms with Gasteiger partial charge in [0.1, 0.15) is 6.61 Å². The van der Waals surface area contributed by atoms with Gasteiger partial charge in [0.25, 0.3) is 0 Å². The van der Waals surface area contributed by atoms with Gasteiger partial charge in [-0.15, -0.1) is 0 Å². The van der Waals surface area contributed by atoms with E-state index in [0.29, 0.717) is 29.0 Å². The second kappa shape index (κ2) is 9.03. The van der Waals surface area contributed by atoms with Crippen LogP contribution >= 0.6 is 11.6 Å². The van der Waals surface area contributed by atoms with Crippen LogP contribution in [0.15, 0.2) is 18.2 Å². The molecule has 2 N–H and O–H groups in total. The van der Waals surface area contributed by atoms with Crippen molar-refractivity contribution in [2.45, 2.75) is 18.9 Å². The fourth-order valence-electron chi connectivity index (χ4n) is 2.78. The number of carbonyl (C=O) groups excluding carboxylic acids is 2. The first kappa shape index (κ1) is 19.5. The summed E-state index contributed by atoms with van der Waals surface area (Å²) in [4.78, 5) is 28.1. The fraction of sp³-hybridized carbons (Fsp3) is 0.529. The van der Waals surface area contributed by atoms with Crippen molar-refractivity contribution in [1.82, 2.24) is 9.80 Å². The molecule has 0 spiro atoms. The Morgan fingerprint density at radius 2 is 2.12 bits per heavy atom. The standard InChI is InChI=1S/C17H25ClN4O3/c1-21(2)13-5-4-8-22(10-13)17(24)20-15-9-12(6-7-14(15)18)19-16(23)11-25-3/h6-7,9,13H,4-5,8,10-11H2,1-3H3,(H,19,23)(H,20,24)/t13-/m1/s1. The van der Waals surface area contributed by atoms with Crippen molar-refractivity contribution >= 4 is 34.9 Å². The van der Waals surface area contributed by atoms with E-state index < -0.39 is 0 Å². The Kier molecular flexibility index (Phi) is 7.04. The minimum absolute atomic E-state index is 0.0377. The summed E-state index contributed by atoms with van der Waals surface area (Å²) in [5.41, 5.74) is 1.01. The lowest BCUT2D eigenvalue weighted by Crippen LogP contribution is -2.48. The molecule has 0 saturated carbocycles. The molecule has 8 heteroatoms. The predicted octanol–water partition coefficient (Wildman–Crippen LogP) is 2.48. The third kappa shape index (κ3) is 5.59. The van der Waals surface area contributed by atoms with Crippen LogP contribution in [0.3, 0.4) is 0 Å². The molecule has 1 aliphatic heterocycles. The first-order valence-electron chi connectivity index (χ1n) is 8.21. The van der Waals surface area contributed by atoms with Crippen molar-refractivity contribution in [1.29, 1.82) is 0 Å². The number of halogens is 1. The van der Waals surface area contributed by atoms with Gasteiger partial charge in [0.2, 0.25) is 5.91 Å². The number of methoxy groups -OCH3 is 1. The first-order valence-corrected chi connectivity index (χ1v) is 8.59. The van der Waals surface area contributed by atoms with Gasteiger partial charge in [-0.25, -0.2) is 4.79 Å². The molecule has 0 aliphatic carbocycles. The van der Waals surface area contributed by atoms with Crippen LogP contribution in [0.2, 0.25) is 5.02 Å². The van der Waals surface area contributed by atoms with Crippen LogP contribution < -0.4 is 10.6 Å². The molecule has 0 unspecified atom stereocenters. The van der Waals surface area contributed by atoms with Gasteiger partial charge in [-0.1, -0.05) is 11.6 Å².